The Bertz CT molecular complexity index is 497. The highest BCUT2D eigenvalue weighted by Crippen LogP contribution is 2.13. The molecule has 3 amide bonds. The lowest BCUT2D eigenvalue weighted by molar-refractivity contribution is -0.131. The Hall–Kier alpha value is -2.42. The van der Waals surface area contributed by atoms with E-state index < -0.39 is 6.03 Å². The van der Waals surface area contributed by atoms with E-state index in [1.54, 1.807) is 4.90 Å². The van der Waals surface area contributed by atoms with Crippen molar-refractivity contribution >= 4 is 23.6 Å². The fraction of sp³-hybridized carbons (Fsp3) is 0.500. The van der Waals surface area contributed by atoms with Crippen LogP contribution in [0.5, 0.6) is 0 Å². The third kappa shape index (κ3) is 4.02. The number of hydrogen-bond donors (Lipinski definition) is 3. The summed E-state index contributed by atoms with van der Waals surface area (Å²) in [7, 11) is 0. The molecule has 114 valence electrons. The summed E-state index contributed by atoms with van der Waals surface area (Å²) in [6.45, 7) is 2.96. The van der Waals surface area contributed by atoms with E-state index in [0.29, 0.717) is 50.8 Å². The number of hydrogen-bond acceptors (Lipinski definition) is 6. The van der Waals surface area contributed by atoms with E-state index in [0.717, 1.165) is 0 Å². The number of aromatic nitrogens is 2. The summed E-state index contributed by atoms with van der Waals surface area (Å²) in [5.41, 5.74) is 10.8. The molecule has 1 aliphatic heterocycles. The van der Waals surface area contributed by atoms with Gasteiger partial charge in [-0.05, 0) is 0 Å². The zero-order valence-corrected chi connectivity index (χ0v) is 11.7. The normalized spacial score (nSPS) is 14.9. The summed E-state index contributed by atoms with van der Waals surface area (Å²) in [5, 5.41) is 2.40. The molecule has 21 heavy (non-hydrogen) atoms. The van der Waals surface area contributed by atoms with Crippen molar-refractivity contribution in [2.24, 2.45) is 11.5 Å². The summed E-state index contributed by atoms with van der Waals surface area (Å²) in [6, 6.07) is -0.654. The fourth-order valence-electron chi connectivity index (χ4n) is 2.13. The van der Waals surface area contributed by atoms with Gasteiger partial charge >= 0.3 is 6.03 Å². The van der Waals surface area contributed by atoms with Crippen LogP contribution in [0.4, 0.5) is 16.4 Å². The molecular formula is C12H19N7O2. The predicted octanol–water partition coefficient (Wildman–Crippen LogP) is -1.04. The van der Waals surface area contributed by atoms with Crippen LogP contribution in [0, 0.1) is 0 Å². The Labute approximate surface area is 122 Å². The minimum atomic E-state index is -0.654. The van der Waals surface area contributed by atoms with Gasteiger partial charge in [-0.2, -0.15) is 0 Å². The molecule has 1 aliphatic rings. The maximum atomic E-state index is 11.7. The van der Waals surface area contributed by atoms with Crippen molar-refractivity contribution in [2.45, 2.75) is 6.42 Å². The molecule has 0 spiro atoms. The van der Waals surface area contributed by atoms with Crippen molar-refractivity contribution in [3.05, 3.63) is 12.4 Å². The highest BCUT2D eigenvalue weighted by molar-refractivity contribution is 5.87. The monoisotopic (exact) mass is 293 g/mol. The fourth-order valence-corrected chi connectivity index (χ4v) is 2.13. The molecule has 0 radical (unpaired) electrons. The van der Waals surface area contributed by atoms with Crippen LogP contribution in [0.1, 0.15) is 6.42 Å². The summed E-state index contributed by atoms with van der Waals surface area (Å²) in [6.07, 6.45) is 3.38. The number of piperazine rings is 1. The maximum absolute atomic E-state index is 11.7. The lowest BCUT2D eigenvalue weighted by Gasteiger charge is -2.34. The smallest absolute Gasteiger partial charge is 0.316 e. The van der Waals surface area contributed by atoms with Crippen LogP contribution >= 0.6 is 0 Å². The predicted molar refractivity (Wildman–Crippen MR) is 77.7 cm³/mol. The second-order valence-corrected chi connectivity index (χ2v) is 4.67. The van der Waals surface area contributed by atoms with Gasteiger partial charge in [-0.15, -0.1) is 0 Å². The standard InChI is InChI=1S/C12H19N7O2/c13-2-1-10(20)18-3-5-19(6-4-18)12-15-7-9(8-16-12)17-11(14)21/h7-8H,1-6,13H2,(H3,14,17,21). The van der Waals surface area contributed by atoms with Gasteiger partial charge in [0.25, 0.3) is 0 Å². The number of anilines is 2. The van der Waals surface area contributed by atoms with Gasteiger partial charge in [0.2, 0.25) is 11.9 Å². The first-order chi connectivity index (χ1) is 10.1. The summed E-state index contributed by atoms with van der Waals surface area (Å²) in [4.78, 5) is 34.6. The first-order valence-corrected chi connectivity index (χ1v) is 6.71. The number of rotatable bonds is 4. The quantitative estimate of drug-likeness (QED) is 0.650. The number of amides is 3. The van der Waals surface area contributed by atoms with Crippen molar-refractivity contribution in [3.8, 4) is 0 Å². The van der Waals surface area contributed by atoms with Crippen LogP contribution in [0.25, 0.3) is 0 Å². The third-order valence-corrected chi connectivity index (χ3v) is 3.18. The molecule has 9 nitrogen and oxygen atoms in total. The lowest BCUT2D eigenvalue weighted by Crippen LogP contribution is -2.49. The number of primary amides is 1. The van der Waals surface area contributed by atoms with E-state index in [-0.39, 0.29) is 5.91 Å². The van der Waals surface area contributed by atoms with Crippen LogP contribution in [-0.2, 0) is 4.79 Å². The van der Waals surface area contributed by atoms with Crippen molar-refractivity contribution in [2.75, 3.05) is 42.9 Å². The topological polar surface area (TPSA) is 130 Å². The largest absolute Gasteiger partial charge is 0.351 e. The molecule has 0 saturated carbocycles. The number of nitrogens with two attached hydrogens (primary N) is 2. The summed E-state index contributed by atoms with van der Waals surface area (Å²) < 4.78 is 0. The van der Waals surface area contributed by atoms with Gasteiger partial charge in [0, 0.05) is 39.1 Å². The third-order valence-electron chi connectivity index (χ3n) is 3.18. The zero-order chi connectivity index (χ0) is 15.2. The zero-order valence-electron chi connectivity index (χ0n) is 11.7. The minimum Gasteiger partial charge on any atom is -0.351 e. The van der Waals surface area contributed by atoms with Crippen LogP contribution < -0.4 is 21.7 Å². The molecule has 0 atom stereocenters. The molecule has 0 aromatic carbocycles. The molecule has 0 unspecified atom stereocenters. The highest BCUT2D eigenvalue weighted by atomic mass is 16.2. The Morgan fingerprint density at radius 2 is 1.81 bits per heavy atom. The van der Waals surface area contributed by atoms with E-state index in [9.17, 15) is 9.59 Å². The average molecular weight is 293 g/mol. The molecule has 0 bridgehead atoms. The van der Waals surface area contributed by atoms with Crippen molar-refractivity contribution in [1.29, 1.82) is 0 Å². The van der Waals surface area contributed by atoms with Crippen LogP contribution in [0.3, 0.4) is 0 Å². The number of carbonyl (C=O) groups excluding carboxylic acids is 2. The van der Waals surface area contributed by atoms with Gasteiger partial charge in [-0.25, -0.2) is 14.8 Å². The van der Waals surface area contributed by atoms with Gasteiger partial charge in [0.1, 0.15) is 0 Å². The van der Waals surface area contributed by atoms with E-state index in [2.05, 4.69) is 15.3 Å². The molecule has 2 heterocycles. The van der Waals surface area contributed by atoms with Gasteiger partial charge < -0.3 is 26.6 Å². The van der Waals surface area contributed by atoms with Gasteiger partial charge in [-0.3, -0.25) is 4.79 Å². The van der Waals surface area contributed by atoms with E-state index >= 15 is 0 Å². The maximum Gasteiger partial charge on any atom is 0.316 e. The van der Waals surface area contributed by atoms with Crippen LogP contribution in [0.15, 0.2) is 12.4 Å². The first kappa shape index (κ1) is 15.0. The Morgan fingerprint density at radius 1 is 1.19 bits per heavy atom. The Kier molecular flexibility index (Phi) is 4.88. The van der Waals surface area contributed by atoms with Crippen molar-refractivity contribution in [3.63, 3.8) is 0 Å². The SMILES string of the molecule is NCCC(=O)N1CCN(c2ncc(NC(N)=O)cn2)CC1. The summed E-state index contributed by atoms with van der Waals surface area (Å²) >= 11 is 0. The molecular weight excluding hydrogens is 274 g/mol. The van der Waals surface area contributed by atoms with E-state index in [4.69, 9.17) is 11.5 Å². The van der Waals surface area contributed by atoms with Gasteiger partial charge in [-0.1, -0.05) is 0 Å². The number of carbonyl (C=O) groups is 2. The average Bonchev–Trinajstić information content (AvgIpc) is 2.48. The Balaban J connectivity index is 1.90. The van der Waals surface area contributed by atoms with Crippen LogP contribution in [0.2, 0.25) is 0 Å². The Morgan fingerprint density at radius 3 is 2.33 bits per heavy atom. The first-order valence-electron chi connectivity index (χ1n) is 6.71. The molecule has 1 aromatic rings. The van der Waals surface area contributed by atoms with Gasteiger partial charge in [0.15, 0.2) is 0 Å². The molecule has 2 rings (SSSR count). The number of nitrogens with one attached hydrogen (secondary N) is 1. The molecule has 5 N–H and O–H groups in total. The second kappa shape index (κ2) is 6.84. The molecule has 0 aliphatic carbocycles. The van der Waals surface area contributed by atoms with Crippen molar-refractivity contribution in [1.82, 2.24) is 14.9 Å². The lowest BCUT2D eigenvalue weighted by atomic mass is 10.3. The highest BCUT2D eigenvalue weighted by Gasteiger charge is 2.21. The molecule has 9 heteroatoms. The number of nitrogens with zero attached hydrogens (tertiary/aromatic N) is 4. The molecule has 1 aromatic heterocycles. The number of urea groups is 1. The summed E-state index contributed by atoms with van der Waals surface area (Å²) in [5.74, 6) is 0.648. The van der Waals surface area contributed by atoms with E-state index in [1.165, 1.54) is 12.4 Å². The second-order valence-electron chi connectivity index (χ2n) is 4.67. The molecule has 1 fully saturated rings. The van der Waals surface area contributed by atoms with E-state index in [1.807, 2.05) is 4.90 Å². The molecule has 1 saturated heterocycles. The minimum absolute atomic E-state index is 0.0825. The van der Waals surface area contributed by atoms with Crippen molar-refractivity contribution < 1.29 is 9.59 Å². The van der Waals surface area contributed by atoms with Gasteiger partial charge in [0.05, 0.1) is 18.1 Å². The van der Waals surface area contributed by atoms with Crippen LogP contribution in [-0.4, -0.2) is 59.5 Å².